The minimum atomic E-state index is -0.124. The SMILES string of the molecule is CC(=O)Nc1ccc(Nc2ncnc(Nc3ccccc3Cl)c2N)cc1. The standard InChI is InChI=1S/C18H17ClN6O/c1-11(26)23-12-6-8-13(9-7-12)24-17-16(20)18(22-10-21-17)25-15-5-3-2-4-14(15)19/h2-10H,20H2,1H3,(H,23,26)(H2,21,22,24,25). The average Bonchev–Trinajstić information content (AvgIpc) is 2.61. The van der Waals surface area contributed by atoms with Gasteiger partial charge in [0.25, 0.3) is 0 Å². The molecule has 0 atom stereocenters. The number of carbonyl (C=O) groups is 1. The van der Waals surface area contributed by atoms with Crippen molar-refractivity contribution in [1.29, 1.82) is 0 Å². The van der Waals surface area contributed by atoms with Crippen molar-refractivity contribution >= 4 is 51.9 Å². The summed E-state index contributed by atoms with van der Waals surface area (Å²) in [7, 11) is 0. The lowest BCUT2D eigenvalue weighted by molar-refractivity contribution is -0.114. The van der Waals surface area contributed by atoms with E-state index in [9.17, 15) is 4.79 Å². The number of aromatic nitrogens is 2. The molecule has 3 aromatic rings. The quantitative estimate of drug-likeness (QED) is 0.539. The predicted octanol–water partition coefficient (Wildman–Crippen LogP) is 4.16. The van der Waals surface area contributed by atoms with Crippen LogP contribution in [0.5, 0.6) is 0 Å². The number of carbonyl (C=O) groups excluding carboxylic acids is 1. The molecule has 0 fully saturated rings. The van der Waals surface area contributed by atoms with Gasteiger partial charge in [0.2, 0.25) is 5.91 Å². The van der Waals surface area contributed by atoms with Gasteiger partial charge >= 0.3 is 0 Å². The van der Waals surface area contributed by atoms with Gasteiger partial charge in [-0.1, -0.05) is 23.7 Å². The molecule has 0 spiro atoms. The minimum Gasteiger partial charge on any atom is -0.393 e. The number of halogens is 1. The summed E-state index contributed by atoms with van der Waals surface area (Å²) in [5.41, 5.74) is 8.71. The third-order valence-corrected chi connectivity index (χ3v) is 3.81. The van der Waals surface area contributed by atoms with E-state index in [2.05, 4.69) is 25.9 Å². The minimum absolute atomic E-state index is 0.124. The fourth-order valence-electron chi connectivity index (χ4n) is 2.26. The Morgan fingerprint density at radius 2 is 1.58 bits per heavy atom. The van der Waals surface area contributed by atoms with Gasteiger partial charge in [-0.3, -0.25) is 4.79 Å². The Morgan fingerprint density at radius 1 is 0.962 bits per heavy atom. The van der Waals surface area contributed by atoms with Crippen LogP contribution in [0.15, 0.2) is 54.9 Å². The number of rotatable bonds is 5. The van der Waals surface area contributed by atoms with Crippen molar-refractivity contribution in [2.24, 2.45) is 0 Å². The van der Waals surface area contributed by atoms with Gasteiger partial charge in [-0.2, -0.15) is 0 Å². The van der Waals surface area contributed by atoms with E-state index in [1.54, 1.807) is 18.2 Å². The van der Waals surface area contributed by atoms with Crippen LogP contribution in [0.1, 0.15) is 6.92 Å². The second-order valence-electron chi connectivity index (χ2n) is 5.47. The second kappa shape index (κ2) is 7.71. The molecule has 26 heavy (non-hydrogen) atoms. The zero-order chi connectivity index (χ0) is 18.5. The van der Waals surface area contributed by atoms with Crippen LogP contribution in [-0.4, -0.2) is 15.9 Å². The molecule has 132 valence electrons. The van der Waals surface area contributed by atoms with E-state index in [0.29, 0.717) is 33.7 Å². The molecule has 1 heterocycles. The van der Waals surface area contributed by atoms with Crippen molar-refractivity contribution in [3.05, 3.63) is 59.9 Å². The normalized spacial score (nSPS) is 10.2. The average molecular weight is 369 g/mol. The molecule has 0 aliphatic carbocycles. The number of nitrogens with zero attached hydrogens (tertiary/aromatic N) is 2. The third kappa shape index (κ3) is 4.20. The van der Waals surface area contributed by atoms with Gasteiger partial charge in [0.05, 0.1) is 10.7 Å². The highest BCUT2D eigenvalue weighted by Gasteiger charge is 2.10. The summed E-state index contributed by atoms with van der Waals surface area (Å²) >= 11 is 6.15. The molecule has 3 rings (SSSR count). The van der Waals surface area contributed by atoms with Gasteiger partial charge < -0.3 is 21.7 Å². The summed E-state index contributed by atoms with van der Waals surface area (Å²) in [6.45, 7) is 1.46. The summed E-state index contributed by atoms with van der Waals surface area (Å²) in [4.78, 5) is 19.4. The van der Waals surface area contributed by atoms with Crippen LogP contribution in [0.3, 0.4) is 0 Å². The smallest absolute Gasteiger partial charge is 0.221 e. The number of amides is 1. The van der Waals surface area contributed by atoms with E-state index in [1.165, 1.54) is 13.3 Å². The first-order valence-electron chi connectivity index (χ1n) is 7.79. The van der Waals surface area contributed by atoms with Crippen LogP contribution in [0.25, 0.3) is 0 Å². The first kappa shape index (κ1) is 17.5. The summed E-state index contributed by atoms with van der Waals surface area (Å²) < 4.78 is 0. The number of benzene rings is 2. The maximum Gasteiger partial charge on any atom is 0.221 e. The summed E-state index contributed by atoms with van der Waals surface area (Å²) in [5, 5.41) is 9.51. The summed E-state index contributed by atoms with van der Waals surface area (Å²) in [6, 6.07) is 14.5. The van der Waals surface area contributed by atoms with Crippen molar-refractivity contribution in [1.82, 2.24) is 9.97 Å². The van der Waals surface area contributed by atoms with E-state index in [1.807, 2.05) is 30.3 Å². The van der Waals surface area contributed by atoms with Gasteiger partial charge in [0.1, 0.15) is 12.0 Å². The molecule has 0 bridgehead atoms. The molecule has 7 nitrogen and oxygen atoms in total. The summed E-state index contributed by atoms with van der Waals surface area (Å²) in [5.74, 6) is 0.786. The van der Waals surface area contributed by atoms with E-state index in [-0.39, 0.29) is 5.91 Å². The number of hydrogen-bond acceptors (Lipinski definition) is 6. The van der Waals surface area contributed by atoms with Crippen molar-refractivity contribution in [3.8, 4) is 0 Å². The van der Waals surface area contributed by atoms with E-state index in [0.717, 1.165) is 5.69 Å². The Bertz CT molecular complexity index is 929. The van der Waals surface area contributed by atoms with Gasteiger partial charge in [-0.05, 0) is 36.4 Å². The van der Waals surface area contributed by atoms with Gasteiger partial charge in [-0.25, -0.2) is 9.97 Å². The van der Waals surface area contributed by atoms with Crippen LogP contribution < -0.4 is 21.7 Å². The van der Waals surface area contributed by atoms with Crippen LogP contribution in [0.2, 0.25) is 5.02 Å². The lowest BCUT2D eigenvalue weighted by Gasteiger charge is -2.13. The molecule has 8 heteroatoms. The molecule has 0 radical (unpaired) electrons. The monoisotopic (exact) mass is 368 g/mol. The largest absolute Gasteiger partial charge is 0.393 e. The molecule has 1 amide bonds. The Balaban J connectivity index is 1.79. The number of para-hydroxylation sites is 1. The second-order valence-corrected chi connectivity index (χ2v) is 5.88. The van der Waals surface area contributed by atoms with E-state index >= 15 is 0 Å². The lowest BCUT2D eigenvalue weighted by Crippen LogP contribution is -2.06. The first-order chi connectivity index (χ1) is 12.5. The van der Waals surface area contributed by atoms with Crippen LogP contribution in [-0.2, 0) is 4.79 Å². The number of nitrogen functional groups attached to an aromatic ring is 1. The molecular weight excluding hydrogens is 352 g/mol. The van der Waals surface area contributed by atoms with E-state index < -0.39 is 0 Å². The van der Waals surface area contributed by atoms with Gasteiger partial charge in [0, 0.05) is 18.3 Å². The Kier molecular flexibility index (Phi) is 5.19. The lowest BCUT2D eigenvalue weighted by atomic mass is 10.2. The molecule has 0 aliphatic heterocycles. The molecular formula is C18H17ClN6O. The highest BCUT2D eigenvalue weighted by atomic mass is 35.5. The highest BCUT2D eigenvalue weighted by Crippen LogP contribution is 2.30. The fourth-order valence-corrected chi connectivity index (χ4v) is 2.44. The van der Waals surface area contributed by atoms with E-state index in [4.69, 9.17) is 17.3 Å². The summed E-state index contributed by atoms with van der Waals surface area (Å²) in [6.07, 6.45) is 1.41. The van der Waals surface area contributed by atoms with Crippen LogP contribution >= 0.6 is 11.6 Å². The predicted molar refractivity (Wildman–Crippen MR) is 105 cm³/mol. The highest BCUT2D eigenvalue weighted by molar-refractivity contribution is 6.33. The van der Waals surface area contributed by atoms with Crippen LogP contribution in [0, 0.1) is 0 Å². The maximum atomic E-state index is 11.1. The fraction of sp³-hybridized carbons (Fsp3) is 0.0556. The maximum absolute atomic E-state index is 11.1. The number of nitrogens with one attached hydrogen (secondary N) is 3. The zero-order valence-corrected chi connectivity index (χ0v) is 14.7. The van der Waals surface area contributed by atoms with Crippen molar-refractivity contribution in [3.63, 3.8) is 0 Å². The number of nitrogens with two attached hydrogens (primary N) is 1. The van der Waals surface area contributed by atoms with Crippen molar-refractivity contribution in [2.45, 2.75) is 6.92 Å². The van der Waals surface area contributed by atoms with Crippen molar-refractivity contribution in [2.75, 3.05) is 21.7 Å². The van der Waals surface area contributed by atoms with Gasteiger partial charge in [-0.15, -0.1) is 0 Å². The molecule has 0 aliphatic rings. The zero-order valence-electron chi connectivity index (χ0n) is 14.0. The molecule has 0 saturated heterocycles. The Morgan fingerprint density at radius 3 is 2.23 bits per heavy atom. The topological polar surface area (TPSA) is 105 Å². The number of hydrogen-bond donors (Lipinski definition) is 4. The molecule has 0 unspecified atom stereocenters. The molecule has 5 N–H and O–H groups in total. The Hall–Kier alpha value is -3.32. The molecule has 1 aromatic heterocycles. The third-order valence-electron chi connectivity index (χ3n) is 3.48. The molecule has 2 aromatic carbocycles. The van der Waals surface area contributed by atoms with Crippen LogP contribution in [0.4, 0.5) is 34.4 Å². The molecule has 0 saturated carbocycles. The van der Waals surface area contributed by atoms with Gasteiger partial charge in [0.15, 0.2) is 11.6 Å². The Labute approximate surface area is 155 Å². The first-order valence-corrected chi connectivity index (χ1v) is 8.17. The van der Waals surface area contributed by atoms with Crippen molar-refractivity contribution < 1.29 is 4.79 Å². The number of anilines is 6.